The Morgan fingerprint density at radius 2 is 1.60 bits per heavy atom. The number of hydrogen-bond donors (Lipinski definition) is 0. The summed E-state index contributed by atoms with van der Waals surface area (Å²) < 4.78 is 20.8. The minimum atomic E-state index is -1.81. The minimum Gasteiger partial charge on any atom is -0.0604 e. The third-order valence-corrected chi connectivity index (χ3v) is 0. The van der Waals surface area contributed by atoms with Gasteiger partial charge in [-0.15, -0.1) is 0 Å². The highest BCUT2D eigenvalue weighted by atomic mass is 14.0. The summed E-state index contributed by atoms with van der Waals surface area (Å²) in [5.41, 5.74) is -0.562. The molecule has 0 aromatic carbocycles. The van der Waals surface area contributed by atoms with Crippen LogP contribution in [0.15, 0.2) is 0 Å². The van der Waals surface area contributed by atoms with E-state index >= 15 is 0 Å². The molecule has 0 saturated heterocycles. The summed E-state index contributed by atoms with van der Waals surface area (Å²) in [6.07, 6.45) is 0. The van der Waals surface area contributed by atoms with Gasteiger partial charge in [0.1, 0.15) is 0 Å². The molecule has 0 aliphatic carbocycles. The Morgan fingerprint density at radius 1 is 1.40 bits per heavy atom. The molecule has 0 N–H and O–H groups in total. The first-order chi connectivity index (χ1) is 3.25. The van der Waals surface area contributed by atoms with Gasteiger partial charge in [0.25, 0.3) is 0 Å². The van der Waals surface area contributed by atoms with Crippen molar-refractivity contribution in [2.75, 3.05) is 0 Å². The standard InChI is InChI=1S/C5H12/c1-5(2,3)4/h1-4H3/i1D3. The molecule has 0 spiro atoms. The maximum absolute atomic E-state index is 6.92. The van der Waals surface area contributed by atoms with Crippen LogP contribution in [0.4, 0.5) is 0 Å². The molecule has 0 heterocycles. The lowest BCUT2D eigenvalue weighted by Crippen LogP contribution is -1.93. The predicted octanol–water partition coefficient (Wildman–Crippen LogP) is 2.05. The summed E-state index contributed by atoms with van der Waals surface area (Å²) in [4.78, 5) is 0. The van der Waals surface area contributed by atoms with Crippen molar-refractivity contribution in [3.63, 3.8) is 0 Å². The van der Waals surface area contributed by atoms with Crippen LogP contribution in [0.2, 0.25) is 0 Å². The zero-order valence-electron chi connectivity index (χ0n) is 7.00. The normalized spacial score (nSPS) is 23.4. The highest BCUT2D eigenvalue weighted by Gasteiger charge is 1.95. The van der Waals surface area contributed by atoms with Gasteiger partial charge in [-0.3, -0.25) is 0 Å². The molecule has 0 saturated carbocycles. The highest BCUT2D eigenvalue weighted by molar-refractivity contribution is 4.47. The van der Waals surface area contributed by atoms with Crippen molar-refractivity contribution in [2.24, 2.45) is 5.41 Å². The fourth-order valence-corrected chi connectivity index (χ4v) is 0. The maximum Gasteiger partial charge on any atom is 0.0236 e. The van der Waals surface area contributed by atoms with Crippen molar-refractivity contribution in [3.8, 4) is 0 Å². The van der Waals surface area contributed by atoms with Crippen molar-refractivity contribution in [3.05, 3.63) is 0 Å². The summed E-state index contributed by atoms with van der Waals surface area (Å²) in [5.74, 6) is 0. The molecule has 0 nitrogen and oxygen atoms in total. The molecule has 32 valence electrons. The molecule has 0 unspecified atom stereocenters. The molecular weight excluding hydrogens is 60.1 g/mol. The van der Waals surface area contributed by atoms with E-state index in [0.29, 0.717) is 0 Å². The van der Waals surface area contributed by atoms with Crippen LogP contribution < -0.4 is 0 Å². The second kappa shape index (κ2) is 1.00. The van der Waals surface area contributed by atoms with Crippen LogP contribution in [0.1, 0.15) is 31.7 Å². The maximum atomic E-state index is 6.92. The summed E-state index contributed by atoms with van der Waals surface area (Å²) in [6.45, 7) is 3.31. The van der Waals surface area contributed by atoms with E-state index in [1.165, 1.54) is 0 Å². The molecule has 0 fully saturated rings. The summed E-state index contributed by atoms with van der Waals surface area (Å²) in [5, 5.41) is 0. The van der Waals surface area contributed by atoms with Gasteiger partial charge in [-0.2, -0.15) is 0 Å². The monoisotopic (exact) mass is 75.1 g/mol. The number of rotatable bonds is 0. The van der Waals surface area contributed by atoms with Crippen LogP contribution in [0.3, 0.4) is 0 Å². The topological polar surface area (TPSA) is 0 Å². The smallest absolute Gasteiger partial charge is 0.0236 e. The van der Waals surface area contributed by atoms with E-state index in [1.54, 1.807) is 20.8 Å². The first-order valence-electron chi connectivity index (χ1n) is 3.25. The van der Waals surface area contributed by atoms with Crippen LogP contribution in [0.5, 0.6) is 0 Å². The van der Waals surface area contributed by atoms with Gasteiger partial charge in [-0.05, 0) is 5.41 Å². The van der Waals surface area contributed by atoms with E-state index in [2.05, 4.69) is 0 Å². The average Bonchev–Trinajstić information content (AvgIpc) is 1.25. The second-order valence-corrected chi connectivity index (χ2v) is 2.25. The fourth-order valence-electron chi connectivity index (χ4n) is 0. The Morgan fingerprint density at radius 3 is 1.60 bits per heavy atom. The van der Waals surface area contributed by atoms with Gasteiger partial charge in [-0.25, -0.2) is 0 Å². The van der Waals surface area contributed by atoms with Crippen molar-refractivity contribution in [1.82, 2.24) is 0 Å². The lowest BCUT2D eigenvalue weighted by molar-refractivity contribution is 0.469. The average molecular weight is 75.2 g/mol. The molecule has 0 atom stereocenters. The quantitative estimate of drug-likeness (QED) is 0.413. The molecule has 0 rings (SSSR count). The van der Waals surface area contributed by atoms with E-state index in [4.69, 9.17) is 4.11 Å². The van der Waals surface area contributed by atoms with Crippen LogP contribution >= 0.6 is 0 Å². The van der Waals surface area contributed by atoms with Crippen molar-refractivity contribution < 1.29 is 4.11 Å². The van der Waals surface area contributed by atoms with Crippen molar-refractivity contribution in [1.29, 1.82) is 0 Å². The summed E-state index contributed by atoms with van der Waals surface area (Å²) >= 11 is 0. The summed E-state index contributed by atoms with van der Waals surface area (Å²) in [6, 6.07) is 0. The zero-order chi connectivity index (χ0) is 7.00. The van der Waals surface area contributed by atoms with E-state index in [0.717, 1.165) is 0 Å². The molecule has 0 aromatic heterocycles. The fraction of sp³-hybridized carbons (Fsp3) is 1.00. The van der Waals surface area contributed by atoms with Gasteiger partial charge in [0.05, 0.1) is 0 Å². The van der Waals surface area contributed by atoms with E-state index in [1.807, 2.05) is 0 Å². The van der Waals surface area contributed by atoms with E-state index in [-0.39, 0.29) is 0 Å². The Kier molecular flexibility index (Phi) is 0.327. The van der Waals surface area contributed by atoms with Gasteiger partial charge >= 0.3 is 0 Å². The van der Waals surface area contributed by atoms with Gasteiger partial charge in [-0.1, -0.05) is 27.6 Å². The third-order valence-electron chi connectivity index (χ3n) is 0. The van der Waals surface area contributed by atoms with Gasteiger partial charge in [0.15, 0.2) is 0 Å². The van der Waals surface area contributed by atoms with Gasteiger partial charge in [0, 0.05) is 4.11 Å². The number of hydrogen-bond acceptors (Lipinski definition) is 0. The van der Waals surface area contributed by atoms with Crippen LogP contribution in [-0.4, -0.2) is 0 Å². The predicted molar refractivity (Wildman–Crippen MR) is 25.1 cm³/mol. The SMILES string of the molecule is [2H]C([2H])([2H])C(C)(C)C. The Hall–Kier alpha value is 0. The lowest BCUT2D eigenvalue weighted by atomic mass is 10.0. The molecule has 5 heavy (non-hydrogen) atoms. The minimum absolute atomic E-state index is 0.562. The molecule has 0 aliphatic heterocycles. The third kappa shape index (κ3) is 0. The Labute approximate surface area is 38.4 Å². The molecule has 0 amide bonds. The Bertz CT molecular complexity index is 62.7. The van der Waals surface area contributed by atoms with E-state index in [9.17, 15) is 0 Å². The molecule has 0 radical (unpaired) electrons. The molecule has 0 aromatic rings. The molecule has 0 aliphatic rings. The van der Waals surface area contributed by atoms with Crippen LogP contribution in [0.25, 0.3) is 0 Å². The first-order valence-corrected chi connectivity index (χ1v) is 1.75. The van der Waals surface area contributed by atoms with Crippen molar-refractivity contribution >= 4 is 0 Å². The second-order valence-electron chi connectivity index (χ2n) is 2.25. The summed E-state index contributed by atoms with van der Waals surface area (Å²) in [7, 11) is 0. The largest absolute Gasteiger partial charge is 0.0604 e. The van der Waals surface area contributed by atoms with E-state index < -0.39 is 12.3 Å². The first kappa shape index (κ1) is 1.63. The highest BCUT2D eigenvalue weighted by Crippen LogP contribution is 2.07. The van der Waals surface area contributed by atoms with Gasteiger partial charge < -0.3 is 0 Å². The van der Waals surface area contributed by atoms with Gasteiger partial charge in [0.2, 0.25) is 0 Å². The molecular formula is C5H12. The van der Waals surface area contributed by atoms with Crippen molar-refractivity contribution in [2.45, 2.75) is 27.6 Å². The van der Waals surface area contributed by atoms with Crippen LogP contribution in [0, 0.1) is 5.41 Å². The molecule has 0 heteroatoms. The molecule has 0 bridgehead atoms. The lowest BCUT2D eigenvalue weighted by Gasteiger charge is -2.05. The van der Waals surface area contributed by atoms with Crippen LogP contribution in [-0.2, 0) is 0 Å². The Balaban J connectivity index is 4.02. The zero-order valence-corrected chi connectivity index (χ0v) is 4.00.